The largest absolute Gasteiger partial charge is 0.392 e. The van der Waals surface area contributed by atoms with Gasteiger partial charge < -0.3 is 5.11 Å². The van der Waals surface area contributed by atoms with Gasteiger partial charge in [0.05, 0.1) is 17.2 Å². The van der Waals surface area contributed by atoms with Crippen molar-refractivity contribution in [2.75, 3.05) is 0 Å². The minimum Gasteiger partial charge on any atom is -0.392 e. The zero-order valence-corrected chi connectivity index (χ0v) is 8.91. The van der Waals surface area contributed by atoms with E-state index < -0.39 is 4.92 Å². The van der Waals surface area contributed by atoms with Crippen LogP contribution in [0, 0.1) is 10.1 Å². The number of hydrogen-bond donors (Lipinski definition) is 1. The first-order valence-corrected chi connectivity index (χ1v) is 5.01. The molecule has 0 fully saturated rings. The highest BCUT2D eigenvalue weighted by atomic mass is 16.6. The molecule has 0 saturated heterocycles. The van der Waals surface area contributed by atoms with E-state index in [1.54, 1.807) is 30.5 Å². The highest BCUT2D eigenvalue weighted by molar-refractivity contribution is 5.62. The lowest BCUT2D eigenvalue weighted by Crippen LogP contribution is -1.90. The number of rotatable bonds is 3. The highest BCUT2D eigenvalue weighted by Gasteiger charge is 2.07. The minimum atomic E-state index is -0.439. The van der Waals surface area contributed by atoms with Gasteiger partial charge in [0.1, 0.15) is 0 Å². The molecule has 17 heavy (non-hydrogen) atoms. The SMILES string of the molecule is O=[N+]([O-])c1cccc(-c2ccc(CO)cn2)c1. The molecule has 2 aromatic rings. The number of benzene rings is 1. The van der Waals surface area contributed by atoms with Crippen molar-refractivity contribution in [3.63, 3.8) is 0 Å². The van der Waals surface area contributed by atoms with E-state index in [9.17, 15) is 10.1 Å². The molecule has 5 nitrogen and oxygen atoms in total. The molecule has 0 aliphatic carbocycles. The molecule has 5 heteroatoms. The number of nitro groups is 1. The first kappa shape index (κ1) is 11.2. The number of aliphatic hydroxyl groups is 1. The van der Waals surface area contributed by atoms with Crippen molar-refractivity contribution in [3.05, 3.63) is 58.3 Å². The van der Waals surface area contributed by atoms with Crippen LogP contribution in [0.4, 0.5) is 5.69 Å². The summed E-state index contributed by atoms with van der Waals surface area (Å²) < 4.78 is 0. The van der Waals surface area contributed by atoms with Gasteiger partial charge in [0.2, 0.25) is 0 Å². The molecule has 1 N–H and O–H groups in total. The van der Waals surface area contributed by atoms with E-state index in [0.717, 1.165) is 0 Å². The van der Waals surface area contributed by atoms with E-state index >= 15 is 0 Å². The molecule has 0 atom stereocenters. The number of pyridine rings is 1. The summed E-state index contributed by atoms with van der Waals surface area (Å²) in [6.45, 7) is -0.0672. The number of nitrogens with zero attached hydrogens (tertiary/aromatic N) is 2. The van der Waals surface area contributed by atoms with Crippen molar-refractivity contribution in [1.29, 1.82) is 0 Å². The van der Waals surface area contributed by atoms with Gasteiger partial charge in [-0.3, -0.25) is 15.1 Å². The quantitative estimate of drug-likeness (QED) is 0.647. The number of aromatic nitrogens is 1. The van der Waals surface area contributed by atoms with Crippen LogP contribution in [-0.4, -0.2) is 15.0 Å². The predicted molar refractivity (Wildman–Crippen MR) is 62.3 cm³/mol. The molecule has 2 rings (SSSR count). The third-order valence-electron chi connectivity index (χ3n) is 2.36. The summed E-state index contributed by atoms with van der Waals surface area (Å²) in [5.74, 6) is 0. The highest BCUT2D eigenvalue weighted by Crippen LogP contribution is 2.22. The first-order chi connectivity index (χ1) is 8.20. The van der Waals surface area contributed by atoms with Crippen LogP contribution in [0.1, 0.15) is 5.56 Å². The molecule has 0 bridgehead atoms. The summed E-state index contributed by atoms with van der Waals surface area (Å²) in [4.78, 5) is 14.3. The average molecular weight is 230 g/mol. The predicted octanol–water partition coefficient (Wildman–Crippen LogP) is 2.15. The molecular formula is C12H10N2O3. The van der Waals surface area contributed by atoms with Crippen molar-refractivity contribution in [3.8, 4) is 11.3 Å². The summed E-state index contributed by atoms with van der Waals surface area (Å²) in [7, 11) is 0. The van der Waals surface area contributed by atoms with E-state index in [0.29, 0.717) is 16.8 Å². The molecule has 0 amide bonds. The smallest absolute Gasteiger partial charge is 0.270 e. The number of hydrogen-bond acceptors (Lipinski definition) is 4. The van der Waals surface area contributed by atoms with Crippen molar-refractivity contribution in [2.24, 2.45) is 0 Å². The van der Waals surface area contributed by atoms with Gasteiger partial charge in [0.25, 0.3) is 5.69 Å². The number of non-ortho nitro benzene ring substituents is 1. The molecule has 1 aromatic carbocycles. The maximum Gasteiger partial charge on any atom is 0.270 e. The molecule has 1 aromatic heterocycles. The van der Waals surface area contributed by atoms with Gasteiger partial charge in [-0.25, -0.2) is 0 Å². The van der Waals surface area contributed by atoms with Gasteiger partial charge in [-0.1, -0.05) is 18.2 Å². The third-order valence-corrected chi connectivity index (χ3v) is 2.36. The molecular weight excluding hydrogens is 220 g/mol. The second-order valence-electron chi connectivity index (χ2n) is 3.52. The van der Waals surface area contributed by atoms with Crippen LogP contribution in [0.3, 0.4) is 0 Å². The maximum atomic E-state index is 10.6. The lowest BCUT2D eigenvalue weighted by atomic mass is 10.1. The molecule has 86 valence electrons. The van der Waals surface area contributed by atoms with Crippen LogP contribution in [0.5, 0.6) is 0 Å². The van der Waals surface area contributed by atoms with E-state index in [-0.39, 0.29) is 12.3 Å². The molecule has 0 saturated carbocycles. The monoisotopic (exact) mass is 230 g/mol. The minimum absolute atomic E-state index is 0.0375. The van der Waals surface area contributed by atoms with Gasteiger partial charge in [-0.15, -0.1) is 0 Å². The van der Waals surface area contributed by atoms with Crippen LogP contribution in [-0.2, 0) is 6.61 Å². The zero-order valence-electron chi connectivity index (χ0n) is 8.91. The summed E-state index contributed by atoms with van der Waals surface area (Å²) in [6, 6.07) is 9.75. The summed E-state index contributed by atoms with van der Waals surface area (Å²) in [5.41, 5.74) is 2.07. The summed E-state index contributed by atoms with van der Waals surface area (Å²) in [6.07, 6.45) is 1.55. The van der Waals surface area contributed by atoms with E-state index in [2.05, 4.69) is 4.98 Å². The Morgan fingerprint density at radius 2 is 2.12 bits per heavy atom. The van der Waals surface area contributed by atoms with Crippen molar-refractivity contribution < 1.29 is 10.0 Å². The maximum absolute atomic E-state index is 10.6. The number of nitro benzene ring substituents is 1. The summed E-state index contributed by atoms with van der Waals surface area (Å²) in [5, 5.41) is 19.5. The Morgan fingerprint density at radius 1 is 1.29 bits per heavy atom. The second kappa shape index (κ2) is 4.71. The van der Waals surface area contributed by atoms with Crippen LogP contribution in [0.15, 0.2) is 42.6 Å². The number of aliphatic hydroxyl groups excluding tert-OH is 1. The zero-order chi connectivity index (χ0) is 12.3. The average Bonchev–Trinajstić information content (AvgIpc) is 2.39. The topological polar surface area (TPSA) is 76.3 Å². The van der Waals surface area contributed by atoms with Gasteiger partial charge in [-0.2, -0.15) is 0 Å². The van der Waals surface area contributed by atoms with Crippen LogP contribution in [0.25, 0.3) is 11.3 Å². The van der Waals surface area contributed by atoms with E-state index in [1.165, 1.54) is 12.1 Å². The van der Waals surface area contributed by atoms with Crippen LogP contribution in [0.2, 0.25) is 0 Å². The second-order valence-corrected chi connectivity index (χ2v) is 3.52. The Bertz CT molecular complexity index is 538. The summed E-state index contributed by atoms with van der Waals surface area (Å²) >= 11 is 0. The van der Waals surface area contributed by atoms with Crippen LogP contribution < -0.4 is 0 Å². The van der Waals surface area contributed by atoms with Crippen LogP contribution >= 0.6 is 0 Å². The third kappa shape index (κ3) is 2.46. The van der Waals surface area contributed by atoms with Crippen molar-refractivity contribution >= 4 is 5.69 Å². The molecule has 0 spiro atoms. The Morgan fingerprint density at radius 3 is 2.71 bits per heavy atom. The van der Waals surface area contributed by atoms with E-state index in [1.807, 2.05) is 0 Å². The Balaban J connectivity index is 2.38. The van der Waals surface area contributed by atoms with Gasteiger partial charge in [0.15, 0.2) is 0 Å². The van der Waals surface area contributed by atoms with Crippen molar-refractivity contribution in [2.45, 2.75) is 6.61 Å². The molecule has 1 heterocycles. The van der Waals surface area contributed by atoms with Gasteiger partial charge in [-0.05, 0) is 11.6 Å². The Labute approximate surface area is 97.5 Å². The molecule has 0 aliphatic heterocycles. The molecule has 0 aliphatic rings. The lowest BCUT2D eigenvalue weighted by Gasteiger charge is -2.01. The molecule has 0 unspecified atom stereocenters. The molecule has 0 radical (unpaired) electrons. The fourth-order valence-corrected chi connectivity index (χ4v) is 1.47. The van der Waals surface area contributed by atoms with Gasteiger partial charge in [0, 0.05) is 23.9 Å². The standard InChI is InChI=1S/C12H10N2O3/c15-8-9-4-5-12(13-7-9)10-2-1-3-11(6-10)14(16)17/h1-7,15H,8H2. The normalized spacial score (nSPS) is 10.2. The Hall–Kier alpha value is -2.27. The lowest BCUT2D eigenvalue weighted by molar-refractivity contribution is -0.384. The fraction of sp³-hybridized carbons (Fsp3) is 0.0833. The fourth-order valence-electron chi connectivity index (χ4n) is 1.47. The Kier molecular flexibility index (Phi) is 3.11. The van der Waals surface area contributed by atoms with Gasteiger partial charge >= 0.3 is 0 Å². The van der Waals surface area contributed by atoms with E-state index in [4.69, 9.17) is 5.11 Å². The van der Waals surface area contributed by atoms with Crippen molar-refractivity contribution in [1.82, 2.24) is 4.98 Å². The first-order valence-electron chi connectivity index (χ1n) is 5.01.